The smallest absolute Gasteiger partial charge is 0.352 e. The Hall–Kier alpha value is -2.74. The van der Waals surface area contributed by atoms with Crippen molar-refractivity contribution in [3.63, 3.8) is 0 Å². The lowest BCUT2D eigenvalue weighted by atomic mass is 10.1. The fourth-order valence-corrected chi connectivity index (χ4v) is 5.24. The summed E-state index contributed by atoms with van der Waals surface area (Å²) in [5.41, 5.74) is 0.406. The number of alkyl halides is 3. The van der Waals surface area contributed by atoms with Gasteiger partial charge in [0.15, 0.2) is 0 Å². The van der Waals surface area contributed by atoms with Crippen LogP contribution in [0.25, 0.3) is 6.08 Å². The monoisotopic (exact) mass is 474 g/mol. The zero-order valence-electron chi connectivity index (χ0n) is 18.0. The van der Waals surface area contributed by atoms with E-state index in [-0.39, 0.29) is 24.4 Å². The Morgan fingerprint density at radius 1 is 1.03 bits per heavy atom. The highest BCUT2D eigenvalue weighted by Crippen LogP contribution is 2.42. The van der Waals surface area contributed by atoms with Crippen LogP contribution in [0.2, 0.25) is 0 Å². The number of anilines is 1. The van der Waals surface area contributed by atoms with Gasteiger partial charge in [-0.3, -0.25) is 14.5 Å². The normalized spacial score (nSPS) is 18.7. The molecule has 0 saturated heterocycles. The largest absolute Gasteiger partial charge is 0.416 e. The van der Waals surface area contributed by atoms with Crippen LogP contribution in [0.5, 0.6) is 0 Å². The summed E-state index contributed by atoms with van der Waals surface area (Å²) in [5.74, 6) is -0.541. The molecule has 1 aliphatic carbocycles. The number of rotatable bonds is 4. The standard InChI is InChI=1S/C25H25F3N2O2S/c26-25(27,28)18-13-11-17(12-14-18)15-22-24(32)30(20-9-5-6-10-21(20)33-22)16-23(31)29-19-7-3-1-2-4-8-19/h5-6,9-15,19H,1-4,7-8,16H2,(H,29,31)/b22-15+. The molecule has 1 heterocycles. The lowest BCUT2D eigenvalue weighted by Gasteiger charge is -2.30. The van der Waals surface area contributed by atoms with Gasteiger partial charge < -0.3 is 5.32 Å². The Kier molecular flexibility index (Phi) is 7.12. The van der Waals surface area contributed by atoms with Crippen LogP contribution in [0.15, 0.2) is 58.3 Å². The van der Waals surface area contributed by atoms with Crippen molar-refractivity contribution in [2.75, 3.05) is 11.4 Å². The van der Waals surface area contributed by atoms with Gasteiger partial charge in [0.25, 0.3) is 5.91 Å². The zero-order valence-corrected chi connectivity index (χ0v) is 18.8. The number of benzene rings is 2. The Bertz CT molecular complexity index is 1040. The average molecular weight is 475 g/mol. The van der Waals surface area contributed by atoms with Crippen molar-refractivity contribution >= 4 is 35.3 Å². The van der Waals surface area contributed by atoms with Gasteiger partial charge in [-0.15, -0.1) is 0 Å². The molecule has 2 aromatic rings. The summed E-state index contributed by atoms with van der Waals surface area (Å²) < 4.78 is 38.6. The highest BCUT2D eigenvalue weighted by molar-refractivity contribution is 8.04. The number of amides is 2. The Labute approximate surface area is 195 Å². The Balaban J connectivity index is 1.55. The van der Waals surface area contributed by atoms with Crippen LogP contribution in [0.1, 0.15) is 49.7 Å². The van der Waals surface area contributed by atoms with Gasteiger partial charge in [-0.2, -0.15) is 13.2 Å². The SMILES string of the molecule is O=C(CN1C(=O)/C(=C\c2ccc(C(F)(F)F)cc2)Sc2ccccc21)NC1CCCCCC1. The molecule has 0 radical (unpaired) electrons. The number of thioether (sulfide) groups is 1. The summed E-state index contributed by atoms with van der Waals surface area (Å²) in [6.45, 7) is -0.0999. The minimum atomic E-state index is -4.42. The quantitative estimate of drug-likeness (QED) is 0.435. The molecule has 0 aromatic heterocycles. The number of hydrogen-bond donors (Lipinski definition) is 1. The maximum Gasteiger partial charge on any atom is 0.416 e. The van der Waals surface area contributed by atoms with Crippen molar-refractivity contribution in [1.82, 2.24) is 5.32 Å². The predicted molar refractivity (Wildman–Crippen MR) is 124 cm³/mol. The van der Waals surface area contributed by atoms with Crippen LogP contribution in [0.3, 0.4) is 0 Å². The highest BCUT2D eigenvalue weighted by Gasteiger charge is 2.32. The molecule has 1 fully saturated rings. The van der Waals surface area contributed by atoms with Crippen LogP contribution in [0.4, 0.5) is 18.9 Å². The molecule has 1 N–H and O–H groups in total. The zero-order chi connectivity index (χ0) is 23.4. The maximum atomic E-state index is 13.3. The third-order valence-corrected chi connectivity index (χ3v) is 6.97. The molecule has 0 bridgehead atoms. The van der Waals surface area contributed by atoms with Gasteiger partial charge in [-0.1, -0.05) is 61.7 Å². The van der Waals surface area contributed by atoms with E-state index in [4.69, 9.17) is 0 Å². The summed E-state index contributed by atoms with van der Waals surface area (Å²) in [4.78, 5) is 28.7. The molecule has 2 aliphatic rings. The topological polar surface area (TPSA) is 49.4 Å². The van der Waals surface area contributed by atoms with Gasteiger partial charge in [0.05, 0.1) is 16.2 Å². The first-order valence-electron chi connectivity index (χ1n) is 11.1. The van der Waals surface area contributed by atoms with Crippen LogP contribution >= 0.6 is 11.8 Å². The number of carbonyl (C=O) groups is 2. The number of nitrogens with zero attached hydrogens (tertiary/aromatic N) is 1. The number of para-hydroxylation sites is 1. The van der Waals surface area contributed by atoms with E-state index in [0.717, 1.165) is 42.7 Å². The van der Waals surface area contributed by atoms with Gasteiger partial charge in [0.1, 0.15) is 6.54 Å². The molecule has 0 unspecified atom stereocenters. The van der Waals surface area contributed by atoms with Crippen molar-refractivity contribution in [3.8, 4) is 0 Å². The van der Waals surface area contributed by atoms with E-state index in [1.165, 1.54) is 41.6 Å². The van der Waals surface area contributed by atoms with E-state index in [1.807, 2.05) is 18.2 Å². The minimum Gasteiger partial charge on any atom is -0.352 e. The first-order chi connectivity index (χ1) is 15.8. The first-order valence-corrected chi connectivity index (χ1v) is 11.9. The van der Waals surface area contributed by atoms with Crippen LogP contribution in [-0.4, -0.2) is 24.4 Å². The summed E-state index contributed by atoms with van der Waals surface area (Å²) in [6, 6.07) is 12.1. The van der Waals surface area contributed by atoms with Crippen molar-refractivity contribution in [3.05, 3.63) is 64.6 Å². The molecule has 2 amide bonds. The van der Waals surface area contributed by atoms with Gasteiger partial charge in [-0.25, -0.2) is 0 Å². The number of halogens is 3. The third kappa shape index (κ3) is 5.79. The van der Waals surface area contributed by atoms with Crippen LogP contribution < -0.4 is 10.2 Å². The molecular weight excluding hydrogens is 449 g/mol. The first kappa shape index (κ1) is 23.4. The Morgan fingerprint density at radius 3 is 2.36 bits per heavy atom. The lowest BCUT2D eigenvalue weighted by molar-refractivity contribution is -0.137. The summed E-state index contributed by atoms with van der Waals surface area (Å²) in [6.07, 6.45) is 3.59. The average Bonchev–Trinajstić information content (AvgIpc) is 3.05. The molecule has 8 heteroatoms. The van der Waals surface area contributed by atoms with Gasteiger partial charge >= 0.3 is 6.18 Å². The molecule has 2 aromatic carbocycles. The molecule has 174 valence electrons. The fraction of sp³-hybridized carbons (Fsp3) is 0.360. The van der Waals surface area contributed by atoms with Gasteiger partial charge in [0, 0.05) is 10.9 Å². The van der Waals surface area contributed by atoms with Gasteiger partial charge in [-0.05, 0) is 48.7 Å². The third-order valence-electron chi connectivity index (χ3n) is 5.89. The maximum absolute atomic E-state index is 13.3. The summed E-state index contributed by atoms with van der Waals surface area (Å²) in [5, 5.41) is 3.08. The molecule has 4 rings (SSSR count). The van der Waals surface area contributed by atoms with Crippen LogP contribution in [-0.2, 0) is 15.8 Å². The van der Waals surface area contributed by atoms with E-state index in [2.05, 4.69) is 5.32 Å². The van der Waals surface area contributed by atoms with E-state index in [0.29, 0.717) is 16.2 Å². The molecular formula is C25H25F3N2O2S. The predicted octanol–water partition coefficient (Wildman–Crippen LogP) is 6.02. The molecule has 0 spiro atoms. The van der Waals surface area contributed by atoms with Crippen molar-refractivity contribution in [2.45, 2.75) is 55.6 Å². The van der Waals surface area contributed by atoms with Gasteiger partial charge in [0.2, 0.25) is 5.91 Å². The summed E-state index contributed by atoms with van der Waals surface area (Å²) >= 11 is 1.25. The van der Waals surface area contributed by atoms with Crippen molar-refractivity contribution in [2.24, 2.45) is 0 Å². The van der Waals surface area contributed by atoms with Crippen molar-refractivity contribution in [1.29, 1.82) is 0 Å². The van der Waals surface area contributed by atoms with E-state index in [1.54, 1.807) is 12.1 Å². The van der Waals surface area contributed by atoms with E-state index >= 15 is 0 Å². The molecule has 4 nitrogen and oxygen atoms in total. The Morgan fingerprint density at radius 2 is 1.70 bits per heavy atom. The lowest BCUT2D eigenvalue weighted by Crippen LogP contribution is -2.45. The number of carbonyl (C=O) groups excluding carboxylic acids is 2. The second-order valence-corrected chi connectivity index (χ2v) is 9.43. The van der Waals surface area contributed by atoms with Crippen molar-refractivity contribution < 1.29 is 22.8 Å². The second-order valence-electron chi connectivity index (χ2n) is 8.35. The highest BCUT2D eigenvalue weighted by atomic mass is 32.2. The summed E-state index contributed by atoms with van der Waals surface area (Å²) in [7, 11) is 0. The number of hydrogen-bond acceptors (Lipinski definition) is 3. The minimum absolute atomic E-state index is 0.0999. The molecule has 0 atom stereocenters. The number of nitrogens with one attached hydrogen (secondary N) is 1. The van der Waals surface area contributed by atoms with Crippen LogP contribution in [0, 0.1) is 0 Å². The number of fused-ring (bicyclic) bond motifs is 1. The molecule has 33 heavy (non-hydrogen) atoms. The molecule has 1 aliphatic heterocycles. The molecule has 1 saturated carbocycles. The fourth-order valence-electron chi connectivity index (χ4n) is 4.18. The van der Waals surface area contributed by atoms with E-state index < -0.39 is 11.7 Å². The second kappa shape index (κ2) is 10.0. The van der Waals surface area contributed by atoms with E-state index in [9.17, 15) is 22.8 Å².